The molecule has 18 heavy (non-hydrogen) atoms. The van der Waals surface area contributed by atoms with Gasteiger partial charge in [-0.3, -0.25) is 14.4 Å². The number of carboxylic acids is 1. The van der Waals surface area contributed by atoms with Crippen LogP contribution in [0, 0.1) is 6.92 Å². The van der Waals surface area contributed by atoms with Crippen LogP contribution in [0.1, 0.15) is 28.8 Å². The number of hydrogen-bond acceptors (Lipinski definition) is 4. The van der Waals surface area contributed by atoms with Crippen molar-refractivity contribution in [3.05, 3.63) is 35.4 Å². The van der Waals surface area contributed by atoms with Gasteiger partial charge in [0.15, 0.2) is 12.4 Å². The largest absolute Gasteiger partial charge is 0.481 e. The molecule has 0 aliphatic rings. The zero-order chi connectivity index (χ0) is 13.5. The molecule has 0 fully saturated rings. The van der Waals surface area contributed by atoms with E-state index in [-0.39, 0.29) is 25.2 Å². The third-order valence-corrected chi connectivity index (χ3v) is 2.28. The molecule has 1 aromatic carbocycles. The number of ketones is 1. The summed E-state index contributed by atoms with van der Waals surface area (Å²) in [6, 6.07) is 6.89. The molecule has 1 aromatic rings. The van der Waals surface area contributed by atoms with Gasteiger partial charge >= 0.3 is 11.9 Å². The molecule has 0 saturated carbocycles. The minimum absolute atomic E-state index is 0.226. The predicted molar refractivity (Wildman–Crippen MR) is 63.3 cm³/mol. The lowest BCUT2D eigenvalue weighted by atomic mass is 10.1. The molecule has 0 heterocycles. The highest BCUT2D eigenvalue weighted by molar-refractivity contribution is 5.98. The Bertz CT molecular complexity index is 447. The fourth-order valence-corrected chi connectivity index (χ4v) is 1.25. The quantitative estimate of drug-likeness (QED) is 0.612. The number of rotatable bonds is 6. The van der Waals surface area contributed by atoms with Crippen molar-refractivity contribution in [3.8, 4) is 0 Å². The van der Waals surface area contributed by atoms with Crippen molar-refractivity contribution < 1.29 is 24.2 Å². The highest BCUT2D eigenvalue weighted by Crippen LogP contribution is 2.04. The first kappa shape index (κ1) is 13.9. The molecular formula is C13H14O5. The van der Waals surface area contributed by atoms with Gasteiger partial charge in [0.2, 0.25) is 0 Å². The summed E-state index contributed by atoms with van der Waals surface area (Å²) < 4.78 is 4.69. The van der Waals surface area contributed by atoms with Crippen molar-refractivity contribution in [2.45, 2.75) is 19.8 Å². The molecule has 0 atom stereocenters. The molecule has 0 aromatic heterocycles. The van der Waals surface area contributed by atoms with Crippen LogP contribution in [-0.4, -0.2) is 29.4 Å². The number of carboxylic acid groups (broad SMARTS) is 1. The summed E-state index contributed by atoms with van der Waals surface area (Å²) in [7, 11) is 0. The van der Waals surface area contributed by atoms with Crippen LogP contribution in [0.15, 0.2) is 24.3 Å². The Morgan fingerprint density at radius 1 is 1.11 bits per heavy atom. The van der Waals surface area contributed by atoms with Crippen molar-refractivity contribution in [1.82, 2.24) is 0 Å². The predicted octanol–water partition coefficient (Wildman–Crippen LogP) is 1.59. The lowest BCUT2D eigenvalue weighted by molar-refractivity contribution is -0.146. The average Bonchev–Trinajstić information content (AvgIpc) is 2.34. The standard InChI is InChI=1S/C13H14O5/c1-9-2-4-10(5-3-9)11(14)8-18-13(17)7-6-12(15)16/h2-5H,6-8H2,1H3,(H,15,16). The molecule has 0 radical (unpaired) electrons. The van der Waals surface area contributed by atoms with Crippen molar-refractivity contribution >= 4 is 17.7 Å². The number of Topliss-reactive ketones (excluding diaryl/α,β-unsaturated/α-hetero) is 1. The van der Waals surface area contributed by atoms with Crippen LogP contribution in [0.4, 0.5) is 0 Å². The molecule has 5 heteroatoms. The van der Waals surface area contributed by atoms with Crippen LogP contribution in [-0.2, 0) is 14.3 Å². The van der Waals surface area contributed by atoms with E-state index in [4.69, 9.17) is 5.11 Å². The van der Waals surface area contributed by atoms with Gasteiger partial charge in [-0.25, -0.2) is 0 Å². The zero-order valence-corrected chi connectivity index (χ0v) is 10.0. The van der Waals surface area contributed by atoms with Crippen LogP contribution < -0.4 is 0 Å². The third-order valence-electron chi connectivity index (χ3n) is 2.28. The Kier molecular flexibility index (Phi) is 5.05. The van der Waals surface area contributed by atoms with Gasteiger partial charge < -0.3 is 9.84 Å². The summed E-state index contributed by atoms with van der Waals surface area (Å²) >= 11 is 0. The topological polar surface area (TPSA) is 80.7 Å². The van der Waals surface area contributed by atoms with Crippen LogP contribution >= 0.6 is 0 Å². The van der Waals surface area contributed by atoms with Crippen molar-refractivity contribution in [1.29, 1.82) is 0 Å². The number of aryl methyl sites for hydroxylation is 1. The molecule has 0 saturated heterocycles. The fourth-order valence-electron chi connectivity index (χ4n) is 1.25. The second kappa shape index (κ2) is 6.54. The van der Waals surface area contributed by atoms with E-state index in [1.54, 1.807) is 24.3 Å². The summed E-state index contributed by atoms with van der Waals surface area (Å²) in [6.45, 7) is 1.54. The van der Waals surface area contributed by atoms with Crippen molar-refractivity contribution in [2.75, 3.05) is 6.61 Å². The minimum atomic E-state index is -1.07. The maximum absolute atomic E-state index is 11.6. The monoisotopic (exact) mass is 250 g/mol. The summed E-state index contributed by atoms with van der Waals surface area (Å²) in [5.74, 6) is -2.06. The van der Waals surface area contributed by atoms with Gasteiger partial charge in [-0.05, 0) is 6.92 Å². The Morgan fingerprint density at radius 2 is 1.72 bits per heavy atom. The maximum atomic E-state index is 11.6. The fraction of sp³-hybridized carbons (Fsp3) is 0.308. The number of hydrogen-bond donors (Lipinski definition) is 1. The Morgan fingerprint density at radius 3 is 2.28 bits per heavy atom. The Hall–Kier alpha value is -2.17. The van der Waals surface area contributed by atoms with E-state index < -0.39 is 11.9 Å². The van der Waals surface area contributed by atoms with Crippen LogP contribution in [0.25, 0.3) is 0 Å². The maximum Gasteiger partial charge on any atom is 0.306 e. The summed E-state index contributed by atoms with van der Waals surface area (Å²) in [5, 5.41) is 8.37. The van der Waals surface area contributed by atoms with Gasteiger partial charge in [-0.15, -0.1) is 0 Å². The zero-order valence-electron chi connectivity index (χ0n) is 10.0. The number of esters is 1. The Balaban J connectivity index is 2.39. The number of carbonyl (C=O) groups is 3. The van der Waals surface area contributed by atoms with Gasteiger partial charge in [0.1, 0.15) is 0 Å². The molecule has 1 N–H and O–H groups in total. The van der Waals surface area contributed by atoms with Gasteiger partial charge in [0.05, 0.1) is 12.8 Å². The second-order valence-electron chi connectivity index (χ2n) is 3.84. The Labute approximate surface area is 104 Å². The number of carbonyl (C=O) groups excluding carboxylic acids is 2. The molecule has 96 valence electrons. The average molecular weight is 250 g/mol. The number of aliphatic carboxylic acids is 1. The van der Waals surface area contributed by atoms with Gasteiger partial charge in [-0.1, -0.05) is 29.8 Å². The van der Waals surface area contributed by atoms with Crippen LogP contribution in [0.5, 0.6) is 0 Å². The molecule has 5 nitrogen and oxygen atoms in total. The van der Waals surface area contributed by atoms with Crippen molar-refractivity contribution in [3.63, 3.8) is 0 Å². The smallest absolute Gasteiger partial charge is 0.306 e. The van der Waals surface area contributed by atoms with E-state index in [0.29, 0.717) is 5.56 Å². The van der Waals surface area contributed by atoms with Gasteiger partial charge in [0.25, 0.3) is 0 Å². The van der Waals surface area contributed by atoms with Crippen LogP contribution in [0.2, 0.25) is 0 Å². The molecule has 0 unspecified atom stereocenters. The molecule has 0 bridgehead atoms. The molecule has 0 aliphatic heterocycles. The van der Waals surface area contributed by atoms with Gasteiger partial charge in [-0.2, -0.15) is 0 Å². The number of ether oxygens (including phenoxy) is 1. The molecular weight excluding hydrogens is 236 g/mol. The van der Waals surface area contributed by atoms with E-state index >= 15 is 0 Å². The van der Waals surface area contributed by atoms with Crippen LogP contribution in [0.3, 0.4) is 0 Å². The van der Waals surface area contributed by atoms with E-state index in [1.807, 2.05) is 6.92 Å². The number of benzene rings is 1. The molecule has 0 spiro atoms. The van der Waals surface area contributed by atoms with Gasteiger partial charge in [0, 0.05) is 5.56 Å². The third kappa shape index (κ3) is 4.78. The lowest BCUT2D eigenvalue weighted by Gasteiger charge is -2.03. The SMILES string of the molecule is Cc1ccc(C(=O)COC(=O)CCC(=O)O)cc1. The van der Waals surface area contributed by atoms with E-state index in [2.05, 4.69) is 4.74 Å². The molecule has 0 amide bonds. The summed E-state index contributed by atoms with van der Waals surface area (Å²) in [5.41, 5.74) is 1.50. The van der Waals surface area contributed by atoms with E-state index in [0.717, 1.165) is 5.56 Å². The second-order valence-corrected chi connectivity index (χ2v) is 3.84. The van der Waals surface area contributed by atoms with E-state index in [1.165, 1.54) is 0 Å². The highest BCUT2D eigenvalue weighted by atomic mass is 16.5. The first-order valence-corrected chi connectivity index (χ1v) is 5.46. The normalized spacial score (nSPS) is 9.83. The summed E-state index contributed by atoms with van der Waals surface area (Å²) in [4.78, 5) is 32.9. The highest BCUT2D eigenvalue weighted by Gasteiger charge is 2.11. The minimum Gasteiger partial charge on any atom is -0.481 e. The summed E-state index contributed by atoms with van der Waals surface area (Å²) in [6.07, 6.45) is -0.520. The molecule has 0 aliphatic carbocycles. The van der Waals surface area contributed by atoms with E-state index in [9.17, 15) is 14.4 Å². The first-order valence-electron chi connectivity index (χ1n) is 5.46. The lowest BCUT2D eigenvalue weighted by Crippen LogP contribution is -2.14. The molecule has 1 rings (SSSR count). The van der Waals surface area contributed by atoms with Crippen molar-refractivity contribution in [2.24, 2.45) is 0 Å². The first-order chi connectivity index (χ1) is 8.49.